The number of methoxy groups -OCH3 is 1. The smallest absolute Gasteiger partial charge is 0.437 e. The third-order valence-electron chi connectivity index (χ3n) is 3.93. The van der Waals surface area contributed by atoms with Gasteiger partial charge in [0, 0.05) is 5.56 Å². The first-order valence-electron chi connectivity index (χ1n) is 7.39. The van der Waals surface area contributed by atoms with E-state index in [9.17, 15) is 9.59 Å². The third kappa shape index (κ3) is 2.24. The van der Waals surface area contributed by atoms with Crippen molar-refractivity contribution in [1.82, 2.24) is 24.4 Å². The fourth-order valence-electron chi connectivity index (χ4n) is 2.73. The number of carbonyl (C=O) groups is 1. The third-order valence-corrected chi connectivity index (χ3v) is 3.93. The van der Waals surface area contributed by atoms with Crippen LogP contribution in [0.2, 0.25) is 0 Å². The zero-order valence-corrected chi connectivity index (χ0v) is 13.4. The molecule has 0 amide bonds. The van der Waals surface area contributed by atoms with Crippen molar-refractivity contribution in [1.29, 1.82) is 0 Å². The van der Waals surface area contributed by atoms with Crippen molar-refractivity contribution in [2.75, 3.05) is 7.11 Å². The van der Waals surface area contributed by atoms with E-state index in [0.717, 1.165) is 0 Å². The predicted molar refractivity (Wildman–Crippen MR) is 88.2 cm³/mol. The van der Waals surface area contributed by atoms with Crippen LogP contribution in [0.1, 0.15) is 5.56 Å². The summed E-state index contributed by atoms with van der Waals surface area (Å²) in [4.78, 5) is 28.3. The molecule has 0 bridgehead atoms. The van der Waals surface area contributed by atoms with Gasteiger partial charge in [0.1, 0.15) is 11.8 Å². The average molecular weight is 339 g/mol. The quantitative estimate of drug-likeness (QED) is 0.559. The molecule has 9 heteroatoms. The largest absolute Gasteiger partial charge is 0.513 e. The minimum Gasteiger partial charge on any atom is -0.437 e. The van der Waals surface area contributed by atoms with Crippen LogP contribution in [0.5, 0.6) is 5.75 Å². The standard InChI is InChI=1S/C16H13N5O4/c1-9-12(25-16(23)24-2)7-20-13(9)14(17-8-18-20)21-15(22)10-5-3-4-6-11(10)19-21/h3-8,19H,1-2H3. The van der Waals surface area contributed by atoms with Crippen molar-refractivity contribution in [3.8, 4) is 11.6 Å². The highest BCUT2D eigenvalue weighted by Crippen LogP contribution is 2.27. The molecule has 0 saturated heterocycles. The van der Waals surface area contributed by atoms with Gasteiger partial charge in [-0.25, -0.2) is 14.3 Å². The number of nitrogens with zero attached hydrogens (tertiary/aromatic N) is 4. The first kappa shape index (κ1) is 14.9. The fourth-order valence-corrected chi connectivity index (χ4v) is 2.73. The monoisotopic (exact) mass is 339 g/mol. The maximum absolute atomic E-state index is 12.7. The Morgan fingerprint density at radius 3 is 2.84 bits per heavy atom. The normalized spacial score (nSPS) is 11.1. The number of ether oxygens (including phenoxy) is 2. The zero-order chi connectivity index (χ0) is 17.6. The van der Waals surface area contributed by atoms with E-state index >= 15 is 0 Å². The van der Waals surface area contributed by atoms with Gasteiger partial charge in [-0.3, -0.25) is 9.89 Å². The zero-order valence-electron chi connectivity index (χ0n) is 13.4. The molecule has 9 nitrogen and oxygen atoms in total. The van der Waals surface area contributed by atoms with Gasteiger partial charge in [-0.1, -0.05) is 12.1 Å². The molecule has 3 aromatic heterocycles. The lowest BCUT2D eigenvalue weighted by atomic mass is 10.2. The van der Waals surface area contributed by atoms with Crippen molar-refractivity contribution in [2.24, 2.45) is 0 Å². The van der Waals surface area contributed by atoms with Crippen LogP contribution in [-0.2, 0) is 4.74 Å². The second-order valence-electron chi connectivity index (χ2n) is 5.35. The lowest BCUT2D eigenvalue weighted by Crippen LogP contribution is -2.17. The summed E-state index contributed by atoms with van der Waals surface area (Å²) in [7, 11) is 1.22. The average Bonchev–Trinajstić information content (AvgIpc) is 3.13. The Morgan fingerprint density at radius 2 is 2.08 bits per heavy atom. The maximum Gasteiger partial charge on any atom is 0.513 e. The molecule has 4 aromatic rings. The van der Waals surface area contributed by atoms with Gasteiger partial charge in [0.15, 0.2) is 11.6 Å². The molecular weight excluding hydrogens is 326 g/mol. The highest BCUT2D eigenvalue weighted by Gasteiger charge is 2.19. The van der Waals surface area contributed by atoms with E-state index in [1.165, 1.54) is 28.8 Å². The molecular formula is C16H13N5O4. The molecule has 4 rings (SSSR count). The molecule has 1 N–H and O–H groups in total. The van der Waals surface area contributed by atoms with Gasteiger partial charge in [-0.2, -0.15) is 9.78 Å². The molecule has 0 unspecified atom stereocenters. The summed E-state index contributed by atoms with van der Waals surface area (Å²) in [5.74, 6) is 0.631. The Morgan fingerprint density at radius 1 is 1.28 bits per heavy atom. The highest BCUT2D eigenvalue weighted by atomic mass is 16.7. The summed E-state index contributed by atoms with van der Waals surface area (Å²) in [6, 6.07) is 7.17. The lowest BCUT2D eigenvalue weighted by molar-refractivity contribution is 0.121. The summed E-state index contributed by atoms with van der Waals surface area (Å²) in [6.07, 6.45) is 2.01. The minimum atomic E-state index is -0.837. The maximum atomic E-state index is 12.7. The lowest BCUT2D eigenvalue weighted by Gasteiger charge is -2.04. The molecule has 0 aliphatic rings. The van der Waals surface area contributed by atoms with Crippen LogP contribution in [0.25, 0.3) is 22.2 Å². The summed E-state index contributed by atoms with van der Waals surface area (Å²) in [5, 5.41) is 7.69. The van der Waals surface area contributed by atoms with Crippen molar-refractivity contribution in [2.45, 2.75) is 6.92 Å². The molecule has 0 saturated carbocycles. The second-order valence-corrected chi connectivity index (χ2v) is 5.35. The number of nitrogens with one attached hydrogen (secondary N) is 1. The Hall–Kier alpha value is -3.62. The topological polar surface area (TPSA) is 104 Å². The predicted octanol–water partition coefficient (Wildman–Crippen LogP) is 1.82. The number of aromatic amines is 1. The molecule has 0 aliphatic carbocycles. The number of fused-ring (bicyclic) bond motifs is 2. The van der Waals surface area contributed by atoms with Crippen LogP contribution in [-0.4, -0.2) is 37.6 Å². The molecule has 25 heavy (non-hydrogen) atoms. The SMILES string of the molecule is COC(=O)Oc1cn2ncnc(-n3[nH]c4ccccc4c3=O)c2c1C. The molecule has 1 aromatic carbocycles. The second kappa shape index (κ2) is 5.48. The number of hydrogen-bond donors (Lipinski definition) is 1. The molecule has 0 spiro atoms. The van der Waals surface area contributed by atoms with E-state index in [-0.39, 0.29) is 11.3 Å². The van der Waals surface area contributed by atoms with Gasteiger partial charge in [0.25, 0.3) is 5.56 Å². The van der Waals surface area contributed by atoms with Gasteiger partial charge in [-0.05, 0) is 19.1 Å². The van der Waals surface area contributed by atoms with Crippen LogP contribution in [0.4, 0.5) is 4.79 Å². The number of benzene rings is 1. The van der Waals surface area contributed by atoms with E-state index < -0.39 is 6.16 Å². The Balaban J connectivity index is 1.97. The number of H-pyrrole nitrogens is 1. The van der Waals surface area contributed by atoms with Gasteiger partial charge in [-0.15, -0.1) is 0 Å². The molecule has 3 heterocycles. The number of hydrogen-bond acceptors (Lipinski definition) is 6. The van der Waals surface area contributed by atoms with E-state index in [0.29, 0.717) is 27.8 Å². The van der Waals surface area contributed by atoms with Crippen LogP contribution in [0, 0.1) is 6.92 Å². The van der Waals surface area contributed by atoms with E-state index in [4.69, 9.17) is 4.74 Å². The molecule has 0 atom stereocenters. The fraction of sp³-hybridized carbons (Fsp3) is 0.125. The van der Waals surface area contributed by atoms with Crippen molar-refractivity contribution in [3.05, 3.63) is 52.7 Å². The van der Waals surface area contributed by atoms with E-state index in [1.807, 2.05) is 12.1 Å². The number of para-hydroxylation sites is 1. The first-order valence-corrected chi connectivity index (χ1v) is 7.39. The summed E-state index contributed by atoms with van der Waals surface area (Å²) in [6.45, 7) is 1.74. The van der Waals surface area contributed by atoms with Crippen molar-refractivity contribution >= 4 is 22.6 Å². The van der Waals surface area contributed by atoms with Crippen molar-refractivity contribution < 1.29 is 14.3 Å². The molecule has 126 valence electrons. The summed E-state index contributed by atoms with van der Waals surface area (Å²) >= 11 is 0. The van der Waals surface area contributed by atoms with Gasteiger partial charge in [0.05, 0.1) is 24.2 Å². The van der Waals surface area contributed by atoms with Crippen LogP contribution < -0.4 is 10.3 Å². The van der Waals surface area contributed by atoms with Gasteiger partial charge < -0.3 is 9.47 Å². The molecule has 0 fully saturated rings. The Kier molecular flexibility index (Phi) is 3.27. The summed E-state index contributed by atoms with van der Waals surface area (Å²) in [5.41, 5.74) is 1.60. The van der Waals surface area contributed by atoms with Gasteiger partial charge >= 0.3 is 6.16 Å². The van der Waals surface area contributed by atoms with Crippen LogP contribution >= 0.6 is 0 Å². The van der Waals surface area contributed by atoms with E-state index in [1.54, 1.807) is 19.1 Å². The van der Waals surface area contributed by atoms with Crippen LogP contribution in [0.3, 0.4) is 0 Å². The van der Waals surface area contributed by atoms with Crippen LogP contribution in [0.15, 0.2) is 41.6 Å². The minimum absolute atomic E-state index is 0.229. The number of carbonyl (C=O) groups excluding carboxylic acids is 1. The first-order chi connectivity index (χ1) is 12.1. The van der Waals surface area contributed by atoms with Crippen molar-refractivity contribution in [3.63, 3.8) is 0 Å². The number of aromatic nitrogens is 5. The molecule has 0 radical (unpaired) electrons. The summed E-state index contributed by atoms with van der Waals surface area (Å²) < 4.78 is 12.5. The molecule has 0 aliphatic heterocycles. The Labute approximate surface area is 140 Å². The van der Waals surface area contributed by atoms with Gasteiger partial charge in [0.2, 0.25) is 0 Å². The van der Waals surface area contributed by atoms with E-state index in [2.05, 4.69) is 19.9 Å². The Bertz CT molecular complexity index is 1170. The number of aryl methyl sites for hydroxylation is 1. The number of rotatable bonds is 2. The highest BCUT2D eigenvalue weighted by molar-refractivity contribution is 5.79.